The van der Waals surface area contributed by atoms with Gasteiger partial charge in [-0.2, -0.15) is 0 Å². The molecule has 0 atom stereocenters. The summed E-state index contributed by atoms with van der Waals surface area (Å²) in [5, 5.41) is 17.1. The molecule has 1 aromatic heterocycles. The van der Waals surface area contributed by atoms with E-state index in [0.29, 0.717) is 10.7 Å². The molecular weight excluding hydrogens is 290 g/mol. The van der Waals surface area contributed by atoms with Gasteiger partial charge in [-0.25, -0.2) is 23.3 Å². The molecule has 0 bridgehead atoms. The Labute approximate surface area is 112 Å². The molecule has 1 aromatic carbocycles. The molecule has 0 aliphatic carbocycles. The zero-order chi connectivity index (χ0) is 14.0. The highest BCUT2D eigenvalue weighted by molar-refractivity contribution is 7.89. The summed E-state index contributed by atoms with van der Waals surface area (Å²) in [4.78, 5) is 14.6. The van der Waals surface area contributed by atoms with Gasteiger partial charge < -0.3 is 10.4 Å². The number of sulfonamides is 1. The van der Waals surface area contributed by atoms with E-state index in [4.69, 9.17) is 10.2 Å². The Hall–Kier alpha value is -1.97. The second-order valence-corrected chi connectivity index (χ2v) is 5.95. The fourth-order valence-corrected chi connectivity index (χ4v) is 2.55. The summed E-state index contributed by atoms with van der Waals surface area (Å²) >= 11 is 1.14. The zero-order valence-electron chi connectivity index (χ0n) is 9.40. The van der Waals surface area contributed by atoms with Crippen molar-refractivity contribution in [1.82, 2.24) is 4.98 Å². The number of nitrogens with one attached hydrogen (secondary N) is 1. The second-order valence-electron chi connectivity index (χ2n) is 3.53. The van der Waals surface area contributed by atoms with Crippen molar-refractivity contribution < 1.29 is 18.3 Å². The number of thiazole rings is 1. The van der Waals surface area contributed by atoms with Gasteiger partial charge in [-0.15, -0.1) is 11.3 Å². The van der Waals surface area contributed by atoms with E-state index >= 15 is 0 Å². The van der Waals surface area contributed by atoms with E-state index in [2.05, 4.69) is 10.3 Å². The van der Waals surface area contributed by atoms with Crippen molar-refractivity contribution in [3.63, 3.8) is 0 Å². The highest BCUT2D eigenvalue weighted by Crippen LogP contribution is 2.25. The van der Waals surface area contributed by atoms with E-state index in [9.17, 15) is 13.2 Å². The summed E-state index contributed by atoms with van der Waals surface area (Å²) in [6, 6.07) is 5.65. The Morgan fingerprint density at radius 2 is 1.95 bits per heavy atom. The van der Waals surface area contributed by atoms with Crippen molar-refractivity contribution in [3.8, 4) is 0 Å². The van der Waals surface area contributed by atoms with E-state index in [1.807, 2.05) is 0 Å². The van der Waals surface area contributed by atoms with Crippen LogP contribution in [0.15, 0.2) is 34.7 Å². The number of hydrogen-bond acceptors (Lipinski definition) is 6. The maximum Gasteiger partial charge on any atom is 0.357 e. The van der Waals surface area contributed by atoms with Crippen LogP contribution in [-0.4, -0.2) is 24.5 Å². The third kappa shape index (κ3) is 3.08. The van der Waals surface area contributed by atoms with Gasteiger partial charge in [0.25, 0.3) is 0 Å². The number of aromatic nitrogens is 1. The van der Waals surface area contributed by atoms with Crippen molar-refractivity contribution in [3.05, 3.63) is 35.5 Å². The van der Waals surface area contributed by atoms with Crippen molar-refractivity contribution in [2.45, 2.75) is 4.90 Å². The van der Waals surface area contributed by atoms with Crippen LogP contribution in [0.5, 0.6) is 0 Å². The molecule has 2 aromatic rings. The average Bonchev–Trinajstić information content (AvgIpc) is 2.77. The van der Waals surface area contributed by atoms with Crippen LogP contribution in [0.1, 0.15) is 10.5 Å². The number of hydrogen-bond donors (Lipinski definition) is 3. The number of benzene rings is 1. The molecule has 100 valence electrons. The molecule has 1 heterocycles. The third-order valence-electron chi connectivity index (χ3n) is 2.21. The van der Waals surface area contributed by atoms with E-state index < -0.39 is 16.0 Å². The number of nitrogens with two attached hydrogens (primary N) is 1. The highest BCUT2D eigenvalue weighted by Gasteiger charge is 2.14. The highest BCUT2D eigenvalue weighted by atomic mass is 32.2. The van der Waals surface area contributed by atoms with Gasteiger partial charge in [0.2, 0.25) is 10.0 Å². The summed E-state index contributed by atoms with van der Waals surface area (Å²) in [7, 11) is -3.73. The van der Waals surface area contributed by atoms with Crippen molar-refractivity contribution in [2.24, 2.45) is 5.14 Å². The van der Waals surface area contributed by atoms with Crippen LogP contribution in [-0.2, 0) is 10.0 Å². The Kier molecular flexibility index (Phi) is 3.51. The standard InChI is InChI=1S/C10H9N3O4S2/c11-19(16,17)7-3-1-6(2-4-7)13-9-8(10(14)15)12-5-18-9/h1-5,13H,(H,14,15)(H2,11,16,17). The Morgan fingerprint density at radius 1 is 1.32 bits per heavy atom. The van der Waals surface area contributed by atoms with Gasteiger partial charge in [0.1, 0.15) is 5.00 Å². The minimum absolute atomic E-state index is 0.0131. The fourth-order valence-electron chi connectivity index (χ4n) is 1.35. The molecule has 0 aliphatic heterocycles. The lowest BCUT2D eigenvalue weighted by Crippen LogP contribution is -2.11. The fraction of sp³-hybridized carbons (Fsp3) is 0. The Bertz CT molecular complexity index is 707. The van der Waals surface area contributed by atoms with Crippen LogP contribution in [0.25, 0.3) is 0 Å². The smallest absolute Gasteiger partial charge is 0.357 e. The maximum atomic E-state index is 11.1. The normalized spacial score (nSPS) is 11.2. The zero-order valence-corrected chi connectivity index (χ0v) is 11.0. The van der Waals surface area contributed by atoms with Crippen LogP contribution in [0, 0.1) is 0 Å². The first-order valence-electron chi connectivity index (χ1n) is 4.94. The molecule has 0 fully saturated rings. The van der Waals surface area contributed by atoms with Crippen molar-refractivity contribution in [2.75, 3.05) is 5.32 Å². The second kappa shape index (κ2) is 4.96. The summed E-state index contributed by atoms with van der Waals surface area (Å²) in [6.45, 7) is 0. The molecule has 0 saturated heterocycles. The average molecular weight is 299 g/mol. The SMILES string of the molecule is NS(=O)(=O)c1ccc(Nc2scnc2C(=O)O)cc1. The summed E-state index contributed by atoms with van der Waals surface area (Å²) in [5.74, 6) is -1.13. The van der Waals surface area contributed by atoms with Crippen molar-refractivity contribution >= 4 is 38.0 Å². The van der Waals surface area contributed by atoms with Crippen LogP contribution >= 0.6 is 11.3 Å². The Balaban J connectivity index is 2.25. The molecular formula is C10H9N3O4S2. The summed E-state index contributed by atoms with van der Waals surface area (Å²) in [6.07, 6.45) is 0. The van der Waals surface area contributed by atoms with Gasteiger partial charge in [0.15, 0.2) is 5.69 Å². The van der Waals surface area contributed by atoms with Gasteiger partial charge in [0, 0.05) is 5.69 Å². The van der Waals surface area contributed by atoms with Gasteiger partial charge in [0.05, 0.1) is 10.4 Å². The number of carboxylic acid groups (broad SMARTS) is 1. The first kappa shape index (κ1) is 13.5. The number of aromatic carboxylic acids is 1. The largest absolute Gasteiger partial charge is 0.476 e. The molecule has 19 heavy (non-hydrogen) atoms. The van der Waals surface area contributed by atoms with Crippen molar-refractivity contribution in [1.29, 1.82) is 0 Å². The summed E-state index contributed by atoms with van der Waals surface area (Å²) in [5.41, 5.74) is 1.87. The molecule has 0 amide bonds. The molecule has 7 nitrogen and oxygen atoms in total. The first-order chi connectivity index (χ1) is 8.88. The quantitative estimate of drug-likeness (QED) is 0.780. The minimum atomic E-state index is -3.73. The number of rotatable bonds is 4. The number of carboxylic acids is 1. The van der Waals surface area contributed by atoms with Crippen LogP contribution in [0.4, 0.5) is 10.7 Å². The molecule has 0 unspecified atom stereocenters. The molecule has 9 heteroatoms. The number of anilines is 2. The predicted molar refractivity (Wildman–Crippen MR) is 70.2 cm³/mol. The van der Waals surface area contributed by atoms with Gasteiger partial charge in [-0.1, -0.05) is 0 Å². The number of carbonyl (C=O) groups is 1. The molecule has 4 N–H and O–H groups in total. The lowest BCUT2D eigenvalue weighted by Gasteiger charge is -2.05. The summed E-state index contributed by atoms with van der Waals surface area (Å²) < 4.78 is 22.2. The Morgan fingerprint density at radius 3 is 2.47 bits per heavy atom. The molecule has 0 aliphatic rings. The van der Waals surface area contributed by atoms with E-state index in [1.165, 1.54) is 29.8 Å². The van der Waals surface area contributed by atoms with E-state index in [0.717, 1.165) is 11.3 Å². The molecule has 2 rings (SSSR count). The molecule has 0 spiro atoms. The number of primary sulfonamides is 1. The van der Waals surface area contributed by atoms with Crippen LogP contribution in [0.2, 0.25) is 0 Å². The van der Waals surface area contributed by atoms with E-state index in [1.54, 1.807) is 0 Å². The third-order valence-corrected chi connectivity index (χ3v) is 3.88. The molecule has 0 saturated carbocycles. The van der Waals surface area contributed by atoms with Gasteiger partial charge in [-0.05, 0) is 24.3 Å². The van der Waals surface area contributed by atoms with Crippen LogP contribution in [0.3, 0.4) is 0 Å². The lowest BCUT2D eigenvalue weighted by atomic mass is 10.3. The van der Waals surface area contributed by atoms with E-state index in [-0.39, 0.29) is 10.6 Å². The molecule has 0 radical (unpaired) electrons. The minimum Gasteiger partial charge on any atom is -0.476 e. The maximum absolute atomic E-state index is 11.1. The number of nitrogens with zero attached hydrogens (tertiary/aromatic N) is 1. The lowest BCUT2D eigenvalue weighted by molar-refractivity contribution is 0.0692. The van der Waals surface area contributed by atoms with Crippen LogP contribution < -0.4 is 10.5 Å². The monoisotopic (exact) mass is 299 g/mol. The van der Waals surface area contributed by atoms with Gasteiger partial charge in [-0.3, -0.25) is 0 Å². The predicted octanol–water partition coefficient (Wildman–Crippen LogP) is 1.23. The van der Waals surface area contributed by atoms with Gasteiger partial charge >= 0.3 is 5.97 Å². The first-order valence-corrected chi connectivity index (χ1v) is 7.37. The topological polar surface area (TPSA) is 122 Å².